The number of ether oxygens (including phenoxy) is 1. The Labute approximate surface area is 189 Å². The van der Waals surface area contributed by atoms with Crippen LogP contribution in [-0.2, 0) is 13.0 Å². The number of nitro groups is 1. The molecule has 1 N–H and O–H groups in total. The number of non-ortho nitro benzene ring substituents is 1. The maximum atomic E-state index is 14.3. The van der Waals surface area contributed by atoms with Gasteiger partial charge in [-0.3, -0.25) is 20.0 Å². The first kappa shape index (κ1) is 22.2. The summed E-state index contributed by atoms with van der Waals surface area (Å²) in [6.07, 6.45) is 2.35. The summed E-state index contributed by atoms with van der Waals surface area (Å²) in [6, 6.07) is 13.4. The number of hydrogen-bond donors (Lipinski definition) is 1. The van der Waals surface area contributed by atoms with Crippen molar-refractivity contribution in [1.82, 2.24) is 9.88 Å². The quantitative estimate of drug-likeness (QED) is 0.388. The van der Waals surface area contributed by atoms with Gasteiger partial charge in [-0.25, -0.2) is 4.39 Å². The van der Waals surface area contributed by atoms with Crippen LogP contribution >= 0.6 is 11.8 Å². The summed E-state index contributed by atoms with van der Waals surface area (Å²) < 4.78 is 20.1. The number of likely N-dealkylation sites (N-methyl/N-ethyl adjacent to an activating group) is 1. The Kier molecular flexibility index (Phi) is 6.69. The van der Waals surface area contributed by atoms with Gasteiger partial charge in [-0.15, -0.1) is 11.8 Å². The van der Waals surface area contributed by atoms with Gasteiger partial charge in [-0.05, 0) is 24.2 Å². The average molecular weight is 456 g/mol. The van der Waals surface area contributed by atoms with Gasteiger partial charge < -0.3 is 9.84 Å². The number of nitro benzene ring substituents is 1. The van der Waals surface area contributed by atoms with Crippen LogP contribution in [0.5, 0.6) is 11.5 Å². The highest BCUT2D eigenvalue weighted by atomic mass is 32.2. The topological polar surface area (TPSA) is 88.7 Å². The van der Waals surface area contributed by atoms with E-state index in [9.17, 15) is 14.5 Å². The van der Waals surface area contributed by atoms with Crippen molar-refractivity contribution >= 4 is 17.4 Å². The van der Waals surface area contributed by atoms with Crippen LogP contribution in [-0.4, -0.2) is 40.1 Å². The zero-order valence-corrected chi connectivity index (χ0v) is 18.2. The normalized spacial score (nSPS) is 15.1. The molecule has 0 saturated heterocycles. The minimum absolute atomic E-state index is 0.0654. The van der Waals surface area contributed by atoms with Crippen molar-refractivity contribution in [3.05, 3.63) is 87.5 Å². The van der Waals surface area contributed by atoms with E-state index in [-0.39, 0.29) is 23.3 Å². The van der Waals surface area contributed by atoms with Gasteiger partial charge in [0, 0.05) is 43.1 Å². The van der Waals surface area contributed by atoms with Crippen molar-refractivity contribution in [1.29, 1.82) is 0 Å². The number of benzene rings is 2. The summed E-state index contributed by atoms with van der Waals surface area (Å²) in [6.45, 7) is 1.52. The third-order valence-electron chi connectivity index (χ3n) is 5.21. The molecule has 0 amide bonds. The Morgan fingerprint density at radius 2 is 2.03 bits per heavy atom. The molecule has 3 aromatic rings. The minimum atomic E-state index is -0.786. The summed E-state index contributed by atoms with van der Waals surface area (Å²) >= 11 is 1.62. The summed E-state index contributed by atoms with van der Waals surface area (Å²) in [5, 5.41) is 20.0. The molecule has 0 fully saturated rings. The average Bonchev–Trinajstić information content (AvgIpc) is 3.21. The van der Waals surface area contributed by atoms with Gasteiger partial charge in [0.15, 0.2) is 11.6 Å². The van der Waals surface area contributed by atoms with E-state index in [1.54, 1.807) is 24.0 Å². The third-order valence-corrected chi connectivity index (χ3v) is 6.61. The largest absolute Gasteiger partial charge is 0.453 e. The molecule has 9 heteroatoms. The molecule has 32 heavy (non-hydrogen) atoms. The van der Waals surface area contributed by atoms with Gasteiger partial charge in [-0.1, -0.05) is 24.3 Å². The minimum Gasteiger partial charge on any atom is -0.453 e. The number of aliphatic hydroxyl groups is 1. The molecule has 0 bridgehead atoms. The number of aromatic nitrogens is 1. The van der Waals surface area contributed by atoms with Crippen LogP contribution in [0, 0.1) is 15.9 Å². The Bertz CT molecular complexity index is 1130. The molecule has 166 valence electrons. The molecule has 0 saturated carbocycles. The Hall–Kier alpha value is -3.01. The van der Waals surface area contributed by atoms with E-state index in [0.29, 0.717) is 12.3 Å². The highest BCUT2D eigenvalue weighted by molar-refractivity contribution is 8.00. The Balaban J connectivity index is 1.49. The van der Waals surface area contributed by atoms with Crippen molar-refractivity contribution in [2.75, 3.05) is 20.2 Å². The molecule has 1 aromatic heterocycles. The molecular formula is C23H22FN3O4S. The predicted molar refractivity (Wildman–Crippen MR) is 120 cm³/mol. The van der Waals surface area contributed by atoms with Crippen LogP contribution in [0.25, 0.3) is 0 Å². The molecule has 7 nitrogen and oxygen atoms in total. The number of hydrogen-bond acceptors (Lipinski definition) is 7. The van der Waals surface area contributed by atoms with Crippen molar-refractivity contribution < 1.29 is 19.2 Å². The lowest BCUT2D eigenvalue weighted by Crippen LogP contribution is -2.21. The second kappa shape index (κ2) is 9.64. The number of nitrogens with zero attached hydrogens (tertiary/aromatic N) is 3. The van der Waals surface area contributed by atoms with Crippen molar-refractivity contribution in [3.63, 3.8) is 0 Å². The molecule has 1 atom stereocenters. The highest BCUT2D eigenvalue weighted by Crippen LogP contribution is 2.50. The SMILES string of the molecule is CN(CCO)Cc1ccc(C2Cc3nccc(Oc4ccc([N+](=O)[O-])cc4F)c3S2)cc1. The number of rotatable bonds is 8. The molecule has 1 aliphatic heterocycles. The second-order valence-corrected chi connectivity index (χ2v) is 8.79. The monoisotopic (exact) mass is 455 g/mol. The molecule has 0 spiro atoms. The molecule has 1 unspecified atom stereocenters. The van der Waals surface area contributed by atoms with E-state index in [1.807, 2.05) is 7.05 Å². The van der Waals surface area contributed by atoms with E-state index < -0.39 is 10.7 Å². The van der Waals surface area contributed by atoms with Gasteiger partial charge in [0.1, 0.15) is 5.75 Å². The first-order valence-corrected chi connectivity index (χ1v) is 11.0. The zero-order valence-electron chi connectivity index (χ0n) is 17.4. The molecular weight excluding hydrogens is 433 g/mol. The van der Waals surface area contributed by atoms with Crippen LogP contribution in [0.3, 0.4) is 0 Å². The van der Waals surface area contributed by atoms with Crippen molar-refractivity contribution in [3.8, 4) is 11.5 Å². The fraction of sp³-hybridized carbons (Fsp3) is 0.261. The molecule has 0 aliphatic carbocycles. The van der Waals surface area contributed by atoms with Crippen LogP contribution in [0.1, 0.15) is 22.1 Å². The van der Waals surface area contributed by atoms with E-state index in [2.05, 4.69) is 34.1 Å². The van der Waals surface area contributed by atoms with Gasteiger partial charge in [0.25, 0.3) is 5.69 Å². The highest BCUT2D eigenvalue weighted by Gasteiger charge is 2.28. The standard InChI is InChI=1S/C23H22FN3O4S/c1-26(10-11-28)14-15-2-4-16(5-3-15)22-13-19-23(32-22)21(8-9-25-19)31-20-7-6-17(27(29)30)12-18(20)24/h2-9,12,22,28H,10-11,13-14H2,1H3. The Morgan fingerprint density at radius 1 is 1.25 bits per heavy atom. The molecule has 4 rings (SSSR count). The maximum Gasteiger partial charge on any atom is 0.272 e. The summed E-state index contributed by atoms with van der Waals surface area (Å²) in [5.41, 5.74) is 2.89. The molecule has 2 heterocycles. The first-order chi connectivity index (χ1) is 15.4. The van der Waals surface area contributed by atoms with Crippen LogP contribution in [0.15, 0.2) is 59.6 Å². The van der Waals surface area contributed by atoms with Gasteiger partial charge in [0.2, 0.25) is 0 Å². The molecule has 0 radical (unpaired) electrons. The van der Waals surface area contributed by atoms with E-state index in [0.717, 1.165) is 35.2 Å². The van der Waals surface area contributed by atoms with Crippen molar-refractivity contribution in [2.24, 2.45) is 0 Å². The number of fused-ring (bicyclic) bond motifs is 1. The van der Waals surface area contributed by atoms with Gasteiger partial charge >= 0.3 is 0 Å². The maximum absolute atomic E-state index is 14.3. The van der Waals surface area contributed by atoms with Crippen LogP contribution in [0.2, 0.25) is 0 Å². The van der Waals surface area contributed by atoms with Crippen LogP contribution < -0.4 is 4.74 Å². The number of pyridine rings is 1. The zero-order chi connectivity index (χ0) is 22.7. The summed E-state index contributed by atoms with van der Waals surface area (Å²) in [5.74, 6) is -0.368. The second-order valence-electron chi connectivity index (χ2n) is 7.57. The van der Waals surface area contributed by atoms with Gasteiger partial charge in [0.05, 0.1) is 28.2 Å². The van der Waals surface area contributed by atoms with Gasteiger partial charge in [-0.2, -0.15) is 0 Å². The van der Waals surface area contributed by atoms with E-state index in [4.69, 9.17) is 9.84 Å². The summed E-state index contributed by atoms with van der Waals surface area (Å²) in [7, 11) is 1.97. The number of aliphatic hydroxyl groups excluding tert-OH is 1. The molecule has 2 aromatic carbocycles. The van der Waals surface area contributed by atoms with Crippen LogP contribution in [0.4, 0.5) is 10.1 Å². The lowest BCUT2D eigenvalue weighted by atomic mass is 10.1. The fourth-order valence-corrected chi connectivity index (χ4v) is 4.89. The van der Waals surface area contributed by atoms with E-state index in [1.165, 1.54) is 17.7 Å². The van der Waals surface area contributed by atoms with Crippen molar-refractivity contribution in [2.45, 2.75) is 23.1 Å². The Morgan fingerprint density at radius 3 is 2.72 bits per heavy atom. The number of halogens is 1. The number of thioether (sulfide) groups is 1. The first-order valence-electron chi connectivity index (χ1n) is 10.1. The lowest BCUT2D eigenvalue weighted by Gasteiger charge is -2.16. The smallest absolute Gasteiger partial charge is 0.272 e. The lowest BCUT2D eigenvalue weighted by molar-refractivity contribution is -0.385. The predicted octanol–water partition coefficient (Wildman–Crippen LogP) is 4.73. The summed E-state index contributed by atoms with van der Waals surface area (Å²) in [4.78, 5) is 17.5. The fourth-order valence-electron chi connectivity index (χ4n) is 3.57. The molecule has 1 aliphatic rings. The van der Waals surface area contributed by atoms with E-state index >= 15 is 0 Å². The third kappa shape index (κ3) is 4.90.